The van der Waals surface area contributed by atoms with E-state index < -0.39 is 0 Å². The monoisotopic (exact) mass is 262 g/mol. The molecule has 0 unspecified atom stereocenters. The van der Waals surface area contributed by atoms with E-state index in [1.54, 1.807) is 29.2 Å². The number of amides is 2. The number of carbonyl (C=O) groups excluding carboxylic acids is 2. The predicted molar refractivity (Wildman–Crippen MR) is 71.2 cm³/mol. The van der Waals surface area contributed by atoms with Gasteiger partial charge >= 0.3 is 0 Å². The van der Waals surface area contributed by atoms with Crippen molar-refractivity contribution >= 4 is 11.8 Å². The molecule has 0 saturated carbocycles. The number of nitrogens with zero attached hydrogens (tertiary/aromatic N) is 1. The van der Waals surface area contributed by atoms with Crippen LogP contribution in [0, 0.1) is 0 Å². The average Bonchev–Trinajstić information content (AvgIpc) is 2.48. The summed E-state index contributed by atoms with van der Waals surface area (Å²) in [5.41, 5.74) is 1.06. The SMILES string of the molecule is CCNC(=O)c1cccc(C(=O)N2CCOCC2)c1. The first-order chi connectivity index (χ1) is 9.22. The fourth-order valence-corrected chi connectivity index (χ4v) is 2.01. The third-order valence-corrected chi connectivity index (χ3v) is 3.01. The number of nitrogens with one attached hydrogen (secondary N) is 1. The van der Waals surface area contributed by atoms with E-state index in [0.717, 1.165) is 0 Å². The van der Waals surface area contributed by atoms with Gasteiger partial charge in [0.15, 0.2) is 0 Å². The molecule has 2 rings (SSSR count). The van der Waals surface area contributed by atoms with Gasteiger partial charge in [0.2, 0.25) is 0 Å². The number of hydrogen-bond acceptors (Lipinski definition) is 3. The van der Waals surface area contributed by atoms with E-state index in [2.05, 4.69) is 5.32 Å². The van der Waals surface area contributed by atoms with Crippen LogP contribution in [0.15, 0.2) is 24.3 Å². The minimum atomic E-state index is -0.154. The summed E-state index contributed by atoms with van der Waals surface area (Å²) in [7, 11) is 0. The molecule has 0 bridgehead atoms. The second kappa shape index (κ2) is 6.33. The van der Waals surface area contributed by atoms with Gasteiger partial charge in [-0.05, 0) is 25.1 Å². The van der Waals surface area contributed by atoms with Gasteiger partial charge in [-0.3, -0.25) is 9.59 Å². The zero-order valence-electron chi connectivity index (χ0n) is 11.0. The van der Waals surface area contributed by atoms with Crippen LogP contribution in [0.1, 0.15) is 27.6 Å². The van der Waals surface area contributed by atoms with Crippen molar-refractivity contribution in [1.29, 1.82) is 0 Å². The van der Waals surface area contributed by atoms with E-state index in [0.29, 0.717) is 44.0 Å². The normalized spacial score (nSPS) is 15.1. The fraction of sp³-hybridized carbons (Fsp3) is 0.429. The number of rotatable bonds is 3. The van der Waals surface area contributed by atoms with Crippen molar-refractivity contribution in [3.05, 3.63) is 35.4 Å². The van der Waals surface area contributed by atoms with E-state index in [-0.39, 0.29) is 11.8 Å². The van der Waals surface area contributed by atoms with Gasteiger partial charge in [0.1, 0.15) is 0 Å². The molecule has 1 fully saturated rings. The highest BCUT2D eigenvalue weighted by molar-refractivity contribution is 5.99. The van der Waals surface area contributed by atoms with Crippen molar-refractivity contribution in [2.24, 2.45) is 0 Å². The quantitative estimate of drug-likeness (QED) is 0.880. The van der Waals surface area contributed by atoms with Crippen LogP contribution in [-0.2, 0) is 4.74 Å². The average molecular weight is 262 g/mol. The lowest BCUT2D eigenvalue weighted by Crippen LogP contribution is -2.40. The number of benzene rings is 1. The molecule has 5 nitrogen and oxygen atoms in total. The molecule has 102 valence electrons. The third kappa shape index (κ3) is 3.32. The Balaban J connectivity index is 2.13. The van der Waals surface area contributed by atoms with Crippen molar-refractivity contribution < 1.29 is 14.3 Å². The summed E-state index contributed by atoms with van der Waals surface area (Å²) in [5, 5.41) is 2.72. The zero-order valence-corrected chi connectivity index (χ0v) is 11.0. The lowest BCUT2D eigenvalue weighted by molar-refractivity contribution is 0.0303. The van der Waals surface area contributed by atoms with Crippen LogP contribution in [-0.4, -0.2) is 49.6 Å². The molecular weight excluding hydrogens is 244 g/mol. The number of hydrogen-bond donors (Lipinski definition) is 1. The lowest BCUT2D eigenvalue weighted by Gasteiger charge is -2.26. The first-order valence-corrected chi connectivity index (χ1v) is 6.47. The van der Waals surface area contributed by atoms with Crippen LogP contribution in [0.25, 0.3) is 0 Å². The van der Waals surface area contributed by atoms with Crippen LogP contribution in [0.4, 0.5) is 0 Å². The lowest BCUT2D eigenvalue weighted by atomic mass is 10.1. The summed E-state index contributed by atoms with van der Waals surface area (Å²) in [4.78, 5) is 25.8. The maximum Gasteiger partial charge on any atom is 0.254 e. The first kappa shape index (κ1) is 13.5. The first-order valence-electron chi connectivity index (χ1n) is 6.47. The molecular formula is C14H18N2O3. The Bertz CT molecular complexity index is 468. The van der Waals surface area contributed by atoms with Gasteiger partial charge in [-0.1, -0.05) is 6.07 Å². The summed E-state index contributed by atoms with van der Waals surface area (Å²) in [6.07, 6.45) is 0. The Morgan fingerprint density at radius 3 is 2.63 bits per heavy atom. The number of morpholine rings is 1. The van der Waals surface area contributed by atoms with Gasteiger partial charge in [-0.25, -0.2) is 0 Å². The van der Waals surface area contributed by atoms with Crippen molar-refractivity contribution in [3.8, 4) is 0 Å². The van der Waals surface area contributed by atoms with Crippen molar-refractivity contribution in [2.75, 3.05) is 32.8 Å². The molecule has 1 aliphatic rings. The van der Waals surface area contributed by atoms with Gasteiger partial charge in [-0.2, -0.15) is 0 Å². The summed E-state index contributed by atoms with van der Waals surface area (Å²) in [5.74, 6) is -0.200. The Hall–Kier alpha value is -1.88. The Kier molecular flexibility index (Phi) is 4.52. The second-order valence-corrected chi connectivity index (χ2v) is 4.34. The second-order valence-electron chi connectivity index (χ2n) is 4.34. The van der Waals surface area contributed by atoms with Crippen LogP contribution in [0.2, 0.25) is 0 Å². The number of carbonyl (C=O) groups is 2. The maximum atomic E-state index is 12.3. The Morgan fingerprint density at radius 2 is 1.95 bits per heavy atom. The minimum absolute atomic E-state index is 0.0468. The van der Waals surface area contributed by atoms with E-state index in [4.69, 9.17) is 4.74 Å². The van der Waals surface area contributed by atoms with E-state index in [1.807, 2.05) is 6.92 Å². The largest absolute Gasteiger partial charge is 0.378 e. The molecule has 0 atom stereocenters. The van der Waals surface area contributed by atoms with Crippen molar-refractivity contribution in [3.63, 3.8) is 0 Å². The van der Waals surface area contributed by atoms with E-state index >= 15 is 0 Å². The van der Waals surface area contributed by atoms with Crippen molar-refractivity contribution in [1.82, 2.24) is 10.2 Å². The molecule has 2 amide bonds. The van der Waals surface area contributed by atoms with Gasteiger partial charge in [0.05, 0.1) is 13.2 Å². The number of ether oxygens (including phenoxy) is 1. The van der Waals surface area contributed by atoms with Crippen LogP contribution >= 0.6 is 0 Å². The third-order valence-electron chi connectivity index (χ3n) is 3.01. The highest BCUT2D eigenvalue weighted by atomic mass is 16.5. The summed E-state index contributed by atoms with van der Waals surface area (Å²) >= 11 is 0. The van der Waals surface area contributed by atoms with Gasteiger partial charge < -0.3 is 15.0 Å². The van der Waals surface area contributed by atoms with Crippen LogP contribution in [0.3, 0.4) is 0 Å². The van der Waals surface area contributed by atoms with E-state index in [9.17, 15) is 9.59 Å². The molecule has 1 aromatic carbocycles. The standard InChI is InChI=1S/C14H18N2O3/c1-2-15-13(17)11-4-3-5-12(10-11)14(18)16-6-8-19-9-7-16/h3-5,10H,2,6-9H2,1H3,(H,15,17). The molecule has 19 heavy (non-hydrogen) atoms. The topological polar surface area (TPSA) is 58.6 Å². The highest BCUT2D eigenvalue weighted by Crippen LogP contribution is 2.10. The molecule has 5 heteroatoms. The predicted octanol–water partition coefficient (Wildman–Crippen LogP) is 0.909. The summed E-state index contributed by atoms with van der Waals surface area (Å²) in [6.45, 7) is 4.78. The van der Waals surface area contributed by atoms with E-state index in [1.165, 1.54) is 0 Å². The highest BCUT2D eigenvalue weighted by Gasteiger charge is 2.19. The Labute approximate surface area is 112 Å². The van der Waals surface area contributed by atoms with Crippen molar-refractivity contribution in [2.45, 2.75) is 6.92 Å². The molecule has 0 aliphatic carbocycles. The molecule has 1 heterocycles. The molecule has 0 aromatic heterocycles. The van der Waals surface area contributed by atoms with Gasteiger partial charge in [0, 0.05) is 30.8 Å². The smallest absolute Gasteiger partial charge is 0.254 e. The summed E-state index contributed by atoms with van der Waals surface area (Å²) in [6, 6.07) is 6.82. The molecule has 0 radical (unpaired) electrons. The fourth-order valence-electron chi connectivity index (χ4n) is 2.01. The molecule has 1 aromatic rings. The molecule has 1 saturated heterocycles. The Morgan fingerprint density at radius 1 is 1.26 bits per heavy atom. The minimum Gasteiger partial charge on any atom is -0.378 e. The molecule has 1 N–H and O–H groups in total. The van der Waals surface area contributed by atoms with Gasteiger partial charge in [-0.15, -0.1) is 0 Å². The van der Waals surface area contributed by atoms with Crippen LogP contribution < -0.4 is 5.32 Å². The summed E-state index contributed by atoms with van der Waals surface area (Å²) < 4.78 is 5.22. The molecule has 0 spiro atoms. The maximum absolute atomic E-state index is 12.3. The molecule has 1 aliphatic heterocycles. The van der Waals surface area contributed by atoms with Crippen LogP contribution in [0.5, 0.6) is 0 Å². The van der Waals surface area contributed by atoms with Gasteiger partial charge in [0.25, 0.3) is 11.8 Å². The zero-order chi connectivity index (χ0) is 13.7.